The standard InChI is InChI=1S/C27H36N2O2/c1-31-26-18-12-21(13-19-26)20-29(27(30)28-24-10-6-3-7-11-24)25-16-14-23(15-17-25)22-8-4-2-5-9-22/h2,4-5,8-9,12-13,18-19,23-25H,3,6-7,10-11,14-17,20H2,1H3,(H,28,30)/t23-,25-. The summed E-state index contributed by atoms with van der Waals surface area (Å²) in [7, 11) is 1.68. The van der Waals surface area contributed by atoms with E-state index in [4.69, 9.17) is 4.74 Å². The zero-order valence-electron chi connectivity index (χ0n) is 18.8. The van der Waals surface area contributed by atoms with Crippen LogP contribution < -0.4 is 10.1 Å². The fraction of sp³-hybridized carbons (Fsp3) is 0.519. The molecule has 2 saturated carbocycles. The average Bonchev–Trinajstić information content (AvgIpc) is 2.84. The Morgan fingerprint density at radius 3 is 2.23 bits per heavy atom. The highest BCUT2D eigenvalue weighted by atomic mass is 16.5. The summed E-state index contributed by atoms with van der Waals surface area (Å²) < 4.78 is 5.30. The fourth-order valence-corrected chi connectivity index (χ4v) is 5.24. The molecule has 0 bridgehead atoms. The lowest BCUT2D eigenvalue weighted by Crippen LogP contribution is -2.50. The van der Waals surface area contributed by atoms with Crippen LogP contribution in [0.4, 0.5) is 4.79 Å². The van der Waals surface area contributed by atoms with E-state index in [1.165, 1.54) is 24.8 Å². The van der Waals surface area contributed by atoms with E-state index in [1.807, 2.05) is 12.1 Å². The molecule has 0 aromatic heterocycles. The molecule has 0 unspecified atom stereocenters. The molecule has 31 heavy (non-hydrogen) atoms. The molecule has 2 amide bonds. The summed E-state index contributed by atoms with van der Waals surface area (Å²) in [4.78, 5) is 15.5. The van der Waals surface area contributed by atoms with E-state index in [2.05, 4.69) is 52.7 Å². The Hall–Kier alpha value is -2.49. The van der Waals surface area contributed by atoms with Crippen molar-refractivity contribution in [2.24, 2.45) is 0 Å². The van der Waals surface area contributed by atoms with Crippen molar-refractivity contribution in [1.29, 1.82) is 0 Å². The third kappa shape index (κ3) is 5.81. The molecule has 2 aromatic carbocycles. The Morgan fingerprint density at radius 2 is 1.58 bits per heavy atom. The largest absolute Gasteiger partial charge is 0.497 e. The number of urea groups is 1. The maximum Gasteiger partial charge on any atom is 0.318 e. The number of rotatable bonds is 6. The van der Waals surface area contributed by atoms with Gasteiger partial charge < -0.3 is 15.0 Å². The summed E-state index contributed by atoms with van der Waals surface area (Å²) in [5, 5.41) is 3.36. The van der Waals surface area contributed by atoms with Crippen molar-refractivity contribution in [2.75, 3.05) is 7.11 Å². The summed E-state index contributed by atoms with van der Waals surface area (Å²) >= 11 is 0. The van der Waals surface area contributed by atoms with E-state index < -0.39 is 0 Å². The third-order valence-corrected chi connectivity index (χ3v) is 7.11. The molecule has 2 aliphatic rings. The lowest BCUT2D eigenvalue weighted by Gasteiger charge is -2.38. The Balaban J connectivity index is 1.44. The van der Waals surface area contributed by atoms with E-state index in [1.54, 1.807) is 7.11 Å². The zero-order valence-corrected chi connectivity index (χ0v) is 18.8. The molecule has 0 spiro atoms. The molecular weight excluding hydrogens is 384 g/mol. The van der Waals surface area contributed by atoms with Crippen LogP contribution >= 0.6 is 0 Å². The maximum atomic E-state index is 13.4. The molecule has 0 radical (unpaired) electrons. The fourth-order valence-electron chi connectivity index (χ4n) is 5.24. The monoisotopic (exact) mass is 420 g/mol. The van der Waals surface area contributed by atoms with E-state index in [0.29, 0.717) is 24.5 Å². The normalized spacial score (nSPS) is 22.0. The minimum Gasteiger partial charge on any atom is -0.497 e. The molecule has 1 N–H and O–H groups in total. The lowest BCUT2D eigenvalue weighted by molar-refractivity contribution is 0.141. The van der Waals surface area contributed by atoms with Gasteiger partial charge in [-0.05, 0) is 67.7 Å². The van der Waals surface area contributed by atoms with E-state index in [9.17, 15) is 4.79 Å². The maximum absolute atomic E-state index is 13.4. The van der Waals surface area contributed by atoms with Crippen LogP contribution in [0.15, 0.2) is 54.6 Å². The molecule has 0 aliphatic heterocycles. The number of carbonyl (C=O) groups excluding carboxylic acids is 1. The van der Waals surface area contributed by atoms with Crippen molar-refractivity contribution in [1.82, 2.24) is 10.2 Å². The second kappa shape index (κ2) is 10.7. The number of amides is 2. The Bertz CT molecular complexity index is 807. The van der Waals surface area contributed by atoms with Crippen LogP contribution in [-0.2, 0) is 6.54 Å². The second-order valence-corrected chi connectivity index (χ2v) is 9.18. The van der Waals surface area contributed by atoms with Gasteiger partial charge in [0.1, 0.15) is 5.75 Å². The quantitative estimate of drug-likeness (QED) is 0.599. The smallest absolute Gasteiger partial charge is 0.318 e. The van der Waals surface area contributed by atoms with Gasteiger partial charge in [-0.3, -0.25) is 0 Å². The number of methoxy groups -OCH3 is 1. The van der Waals surface area contributed by atoms with Crippen molar-refractivity contribution in [3.05, 3.63) is 65.7 Å². The van der Waals surface area contributed by atoms with Gasteiger partial charge in [-0.25, -0.2) is 4.79 Å². The van der Waals surface area contributed by atoms with Gasteiger partial charge in [0.15, 0.2) is 0 Å². The van der Waals surface area contributed by atoms with Crippen LogP contribution in [0, 0.1) is 0 Å². The van der Waals surface area contributed by atoms with Gasteiger partial charge in [0.2, 0.25) is 0 Å². The highest BCUT2D eigenvalue weighted by Crippen LogP contribution is 2.35. The van der Waals surface area contributed by atoms with Gasteiger partial charge in [-0.1, -0.05) is 61.7 Å². The highest BCUT2D eigenvalue weighted by Gasteiger charge is 2.30. The van der Waals surface area contributed by atoms with E-state index >= 15 is 0 Å². The van der Waals surface area contributed by atoms with Gasteiger partial charge in [0.05, 0.1) is 7.11 Å². The van der Waals surface area contributed by atoms with E-state index in [-0.39, 0.29) is 6.03 Å². The van der Waals surface area contributed by atoms with Gasteiger partial charge in [-0.15, -0.1) is 0 Å². The molecule has 4 nitrogen and oxygen atoms in total. The first-order valence-electron chi connectivity index (χ1n) is 12.0. The van der Waals surface area contributed by atoms with Gasteiger partial charge in [0, 0.05) is 18.6 Å². The van der Waals surface area contributed by atoms with Crippen LogP contribution in [0.25, 0.3) is 0 Å². The molecule has 4 rings (SSSR count). The summed E-state index contributed by atoms with van der Waals surface area (Å²) in [6.07, 6.45) is 10.4. The van der Waals surface area contributed by atoms with Crippen molar-refractivity contribution >= 4 is 6.03 Å². The molecule has 4 heteroatoms. The highest BCUT2D eigenvalue weighted by molar-refractivity contribution is 5.75. The van der Waals surface area contributed by atoms with Crippen molar-refractivity contribution in [3.8, 4) is 5.75 Å². The first kappa shape index (κ1) is 21.7. The number of hydrogen-bond donors (Lipinski definition) is 1. The number of carbonyl (C=O) groups is 1. The summed E-state index contributed by atoms with van der Waals surface area (Å²) in [5.74, 6) is 1.46. The van der Waals surface area contributed by atoms with Crippen LogP contribution in [0.1, 0.15) is 74.8 Å². The third-order valence-electron chi connectivity index (χ3n) is 7.11. The predicted octanol–water partition coefficient (Wildman–Crippen LogP) is 6.27. The van der Waals surface area contributed by atoms with Crippen molar-refractivity contribution in [3.63, 3.8) is 0 Å². The van der Waals surface area contributed by atoms with Crippen LogP contribution in [0.5, 0.6) is 5.75 Å². The molecule has 2 fully saturated rings. The molecule has 0 atom stereocenters. The Morgan fingerprint density at radius 1 is 0.903 bits per heavy atom. The minimum atomic E-state index is 0.117. The predicted molar refractivity (Wildman–Crippen MR) is 125 cm³/mol. The number of benzene rings is 2. The van der Waals surface area contributed by atoms with Gasteiger partial charge in [-0.2, -0.15) is 0 Å². The van der Waals surface area contributed by atoms with Crippen molar-refractivity contribution in [2.45, 2.75) is 82.3 Å². The van der Waals surface area contributed by atoms with Crippen LogP contribution in [0.2, 0.25) is 0 Å². The number of nitrogens with zero attached hydrogens (tertiary/aromatic N) is 1. The zero-order chi connectivity index (χ0) is 21.5. The summed E-state index contributed by atoms with van der Waals surface area (Å²) in [6.45, 7) is 0.656. The second-order valence-electron chi connectivity index (χ2n) is 9.18. The molecular formula is C27H36N2O2. The molecule has 166 valence electrons. The minimum absolute atomic E-state index is 0.117. The average molecular weight is 421 g/mol. The van der Waals surface area contributed by atoms with Crippen molar-refractivity contribution < 1.29 is 9.53 Å². The first-order valence-corrected chi connectivity index (χ1v) is 12.0. The topological polar surface area (TPSA) is 41.6 Å². The number of nitrogens with one attached hydrogen (secondary N) is 1. The Kier molecular flexibility index (Phi) is 7.50. The van der Waals surface area contributed by atoms with Crippen LogP contribution in [-0.4, -0.2) is 30.1 Å². The number of hydrogen-bond acceptors (Lipinski definition) is 2. The van der Waals surface area contributed by atoms with E-state index in [0.717, 1.165) is 49.8 Å². The van der Waals surface area contributed by atoms with Gasteiger partial charge >= 0.3 is 6.03 Å². The lowest BCUT2D eigenvalue weighted by atomic mass is 9.81. The SMILES string of the molecule is COc1ccc(CN(C(=O)NC2CCCCC2)[C@H]2CC[C@H](c3ccccc3)CC2)cc1. The summed E-state index contributed by atoms with van der Waals surface area (Å²) in [5.41, 5.74) is 2.60. The summed E-state index contributed by atoms with van der Waals surface area (Å²) in [6, 6.07) is 19.7. The molecule has 0 saturated heterocycles. The Labute approximate surface area is 187 Å². The van der Waals surface area contributed by atoms with Gasteiger partial charge in [0.25, 0.3) is 0 Å². The molecule has 2 aliphatic carbocycles. The number of ether oxygens (including phenoxy) is 1. The first-order chi connectivity index (χ1) is 15.2. The molecule has 2 aromatic rings. The molecule has 0 heterocycles. The van der Waals surface area contributed by atoms with Crippen LogP contribution in [0.3, 0.4) is 0 Å².